The molecule has 124 valence electrons. The molecule has 1 N–H and O–H groups in total. The van der Waals surface area contributed by atoms with Crippen LogP contribution in [0.25, 0.3) is 0 Å². The lowest BCUT2D eigenvalue weighted by atomic mass is 10.0. The zero-order valence-corrected chi connectivity index (χ0v) is 14.1. The van der Waals surface area contributed by atoms with Crippen molar-refractivity contribution in [1.29, 1.82) is 0 Å². The SMILES string of the molecule is CCCNC(C)(CN(C)CC1CCCCO1)C(=O)OCC. The topological polar surface area (TPSA) is 50.8 Å². The summed E-state index contributed by atoms with van der Waals surface area (Å²) in [5.41, 5.74) is -0.657. The van der Waals surface area contributed by atoms with E-state index in [1.807, 2.05) is 20.9 Å². The highest BCUT2D eigenvalue weighted by atomic mass is 16.5. The Hall–Kier alpha value is -0.650. The number of nitrogens with one attached hydrogen (secondary N) is 1. The maximum absolute atomic E-state index is 12.3. The molecule has 0 aromatic carbocycles. The number of rotatable bonds is 9. The van der Waals surface area contributed by atoms with E-state index in [9.17, 15) is 4.79 Å². The second kappa shape index (κ2) is 9.38. The fourth-order valence-electron chi connectivity index (χ4n) is 2.79. The fourth-order valence-corrected chi connectivity index (χ4v) is 2.79. The molecule has 21 heavy (non-hydrogen) atoms. The number of likely N-dealkylation sites (N-methyl/N-ethyl adjacent to an activating group) is 1. The Morgan fingerprint density at radius 1 is 1.43 bits per heavy atom. The van der Waals surface area contributed by atoms with Crippen LogP contribution in [0.4, 0.5) is 0 Å². The number of nitrogens with zero attached hydrogens (tertiary/aromatic N) is 1. The molecule has 0 bridgehead atoms. The molecular weight excluding hydrogens is 268 g/mol. The van der Waals surface area contributed by atoms with Crippen molar-refractivity contribution in [3.63, 3.8) is 0 Å². The summed E-state index contributed by atoms with van der Waals surface area (Å²) in [6.45, 7) is 9.45. The predicted octanol–water partition coefficient (Wildman–Crippen LogP) is 1.81. The van der Waals surface area contributed by atoms with E-state index < -0.39 is 5.54 Å². The van der Waals surface area contributed by atoms with Crippen molar-refractivity contribution in [3.8, 4) is 0 Å². The van der Waals surface area contributed by atoms with Gasteiger partial charge in [-0.25, -0.2) is 0 Å². The number of hydrogen-bond donors (Lipinski definition) is 1. The highest BCUT2D eigenvalue weighted by Gasteiger charge is 2.35. The molecule has 0 aromatic heterocycles. The van der Waals surface area contributed by atoms with E-state index in [1.54, 1.807) is 0 Å². The zero-order valence-electron chi connectivity index (χ0n) is 14.1. The van der Waals surface area contributed by atoms with Gasteiger partial charge in [0, 0.05) is 19.7 Å². The summed E-state index contributed by atoms with van der Waals surface area (Å²) in [7, 11) is 2.04. The molecule has 1 saturated heterocycles. The van der Waals surface area contributed by atoms with Gasteiger partial charge in [-0.05, 0) is 53.1 Å². The summed E-state index contributed by atoms with van der Waals surface area (Å²) in [4.78, 5) is 14.4. The number of ether oxygens (including phenoxy) is 2. The van der Waals surface area contributed by atoms with Crippen LogP contribution in [0.1, 0.15) is 46.5 Å². The quantitative estimate of drug-likeness (QED) is 0.658. The van der Waals surface area contributed by atoms with Gasteiger partial charge in [-0.2, -0.15) is 0 Å². The third-order valence-corrected chi connectivity index (χ3v) is 3.87. The molecule has 5 heteroatoms. The Balaban J connectivity index is 2.54. The van der Waals surface area contributed by atoms with Crippen molar-refractivity contribution >= 4 is 5.97 Å². The Morgan fingerprint density at radius 2 is 2.19 bits per heavy atom. The summed E-state index contributed by atoms with van der Waals surface area (Å²) < 4.78 is 11.0. The molecule has 5 nitrogen and oxygen atoms in total. The van der Waals surface area contributed by atoms with Gasteiger partial charge in [0.15, 0.2) is 0 Å². The molecule has 0 spiro atoms. The highest BCUT2D eigenvalue weighted by molar-refractivity contribution is 5.80. The van der Waals surface area contributed by atoms with E-state index in [4.69, 9.17) is 9.47 Å². The summed E-state index contributed by atoms with van der Waals surface area (Å²) in [5.74, 6) is -0.171. The molecule has 0 aromatic rings. The van der Waals surface area contributed by atoms with Gasteiger partial charge in [0.1, 0.15) is 5.54 Å². The van der Waals surface area contributed by atoms with Crippen molar-refractivity contribution < 1.29 is 14.3 Å². The minimum absolute atomic E-state index is 0.171. The Morgan fingerprint density at radius 3 is 2.76 bits per heavy atom. The number of carbonyl (C=O) groups excluding carboxylic acids is 1. The Labute approximate surface area is 129 Å². The van der Waals surface area contributed by atoms with Gasteiger partial charge in [0.25, 0.3) is 0 Å². The van der Waals surface area contributed by atoms with Crippen LogP contribution in [0, 0.1) is 0 Å². The summed E-state index contributed by atoms with van der Waals surface area (Å²) >= 11 is 0. The number of esters is 1. The molecule has 0 aliphatic carbocycles. The van der Waals surface area contributed by atoms with Gasteiger partial charge in [-0.1, -0.05) is 6.92 Å². The van der Waals surface area contributed by atoms with Crippen LogP contribution in [-0.2, 0) is 14.3 Å². The van der Waals surface area contributed by atoms with Gasteiger partial charge < -0.3 is 19.7 Å². The van der Waals surface area contributed by atoms with Gasteiger partial charge in [-0.3, -0.25) is 4.79 Å². The third-order valence-electron chi connectivity index (χ3n) is 3.87. The van der Waals surface area contributed by atoms with Crippen LogP contribution >= 0.6 is 0 Å². The van der Waals surface area contributed by atoms with E-state index in [0.717, 1.165) is 32.5 Å². The van der Waals surface area contributed by atoms with Crippen LogP contribution < -0.4 is 5.32 Å². The largest absolute Gasteiger partial charge is 0.465 e. The molecule has 0 radical (unpaired) electrons. The lowest BCUT2D eigenvalue weighted by Crippen LogP contribution is -2.58. The zero-order chi connectivity index (χ0) is 15.7. The van der Waals surface area contributed by atoms with Crippen molar-refractivity contribution in [2.24, 2.45) is 0 Å². The molecule has 1 aliphatic heterocycles. The van der Waals surface area contributed by atoms with E-state index >= 15 is 0 Å². The molecule has 2 atom stereocenters. The van der Waals surface area contributed by atoms with Crippen molar-refractivity contribution in [2.75, 3.05) is 39.9 Å². The van der Waals surface area contributed by atoms with Crippen LogP contribution in [0.2, 0.25) is 0 Å². The Kier molecular flexibility index (Phi) is 8.22. The van der Waals surface area contributed by atoms with Crippen LogP contribution in [0.15, 0.2) is 0 Å². The van der Waals surface area contributed by atoms with Gasteiger partial charge >= 0.3 is 5.97 Å². The molecule has 1 rings (SSSR count). The van der Waals surface area contributed by atoms with Crippen LogP contribution in [0.3, 0.4) is 0 Å². The molecular formula is C16H32N2O3. The van der Waals surface area contributed by atoms with Crippen LogP contribution in [0.5, 0.6) is 0 Å². The molecule has 2 unspecified atom stereocenters. The second-order valence-corrected chi connectivity index (χ2v) is 6.16. The second-order valence-electron chi connectivity index (χ2n) is 6.16. The van der Waals surface area contributed by atoms with Gasteiger partial charge in [0.2, 0.25) is 0 Å². The monoisotopic (exact) mass is 300 g/mol. The first-order valence-electron chi connectivity index (χ1n) is 8.24. The van der Waals surface area contributed by atoms with Crippen molar-refractivity contribution in [2.45, 2.75) is 58.1 Å². The third kappa shape index (κ3) is 6.32. The Bertz CT molecular complexity index is 306. The van der Waals surface area contributed by atoms with E-state index in [0.29, 0.717) is 19.3 Å². The summed E-state index contributed by atoms with van der Waals surface area (Å²) in [6.07, 6.45) is 4.80. The van der Waals surface area contributed by atoms with Crippen molar-refractivity contribution in [1.82, 2.24) is 10.2 Å². The van der Waals surface area contributed by atoms with Gasteiger partial charge in [-0.15, -0.1) is 0 Å². The maximum Gasteiger partial charge on any atom is 0.327 e. The number of hydrogen-bond acceptors (Lipinski definition) is 5. The first-order valence-corrected chi connectivity index (χ1v) is 8.24. The normalized spacial score (nSPS) is 22.0. The summed E-state index contributed by atoms with van der Waals surface area (Å²) in [6, 6.07) is 0. The van der Waals surface area contributed by atoms with Crippen LogP contribution in [-0.4, -0.2) is 62.4 Å². The van der Waals surface area contributed by atoms with Gasteiger partial charge in [0.05, 0.1) is 12.7 Å². The molecule has 0 amide bonds. The van der Waals surface area contributed by atoms with Crippen molar-refractivity contribution in [3.05, 3.63) is 0 Å². The minimum Gasteiger partial charge on any atom is -0.465 e. The predicted molar refractivity (Wildman–Crippen MR) is 84.4 cm³/mol. The molecule has 0 saturated carbocycles. The average molecular weight is 300 g/mol. The molecule has 1 heterocycles. The molecule has 1 aliphatic rings. The minimum atomic E-state index is -0.657. The lowest BCUT2D eigenvalue weighted by molar-refractivity contribution is -0.151. The van der Waals surface area contributed by atoms with E-state index in [-0.39, 0.29) is 5.97 Å². The van der Waals surface area contributed by atoms with E-state index in [2.05, 4.69) is 17.1 Å². The number of carbonyl (C=O) groups is 1. The summed E-state index contributed by atoms with van der Waals surface area (Å²) in [5, 5.41) is 3.34. The molecule has 1 fully saturated rings. The highest BCUT2D eigenvalue weighted by Crippen LogP contribution is 2.15. The van der Waals surface area contributed by atoms with E-state index in [1.165, 1.54) is 12.8 Å². The smallest absolute Gasteiger partial charge is 0.327 e. The first kappa shape index (κ1) is 18.4. The average Bonchev–Trinajstić information content (AvgIpc) is 2.46. The lowest BCUT2D eigenvalue weighted by Gasteiger charge is -2.35. The first-order chi connectivity index (χ1) is 10.0. The fraction of sp³-hybridized carbons (Fsp3) is 0.938. The maximum atomic E-state index is 12.3. The standard InChI is InChI=1S/C16H32N2O3/c1-5-10-17-16(3,15(19)20-6-2)13-18(4)12-14-9-7-8-11-21-14/h14,17H,5-13H2,1-4H3.